The van der Waals surface area contributed by atoms with Gasteiger partial charge in [0.05, 0.1) is 11.4 Å². The van der Waals surface area contributed by atoms with E-state index in [4.69, 9.17) is 15.4 Å². The molecule has 1 aliphatic heterocycles. The highest BCUT2D eigenvalue weighted by atomic mass is 35.7. The number of hydrogen-bond donors (Lipinski definition) is 0. The summed E-state index contributed by atoms with van der Waals surface area (Å²) in [6.45, 7) is 2.35. The third-order valence-electron chi connectivity index (χ3n) is 1.84. The van der Waals surface area contributed by atoms with Crippen LogP contribution in [-0.4, -0.2) is 26.4 Å². The van der Waals surface area contributed by atoms with Gasteiger partial charge >= 0.3 is 0 Å². The Kier molecular flexibility index (Phi) is 2.78. The Bertz CT molecular complexity index is 224. The maximum Gasteiger partial charge on any atom is 0.235 e. The van der Waals surface area contributed by atoms with Crippen LogP contribution in [0.1, 0.15) is 19.8 Å². The second-order valence-electron chi connectivity index (χ2n) is 2.80. The van der Waals surface area contributed by atoms with Crippen molar-refractivity contribution in [3.05, 3.63) is 0 Å². The highest BCUT2D eigenvalue weighted by Gasteiger charge is 2.28. The molecule has 0 aromatic carbocycles. The molecule has 1 rings (SSSR count). The molecule has 2 atom stereocenters. The zero-order valence-corrected chi connectivity index (χ0v) is 7.86. The summed E-state index contributed by atoms with van der Waals surface area (Å²) in [5.41, 5.74) is 0. The third-order valence-corrected chi connectivity index (χ3v) is 3.82. The molecule has 1 heterocycles. The molecule has 0 radical (unpaired) electrons. The lowest BCUT2D eigenvalue weighted by Crippen LogP contribution is -2.30. The molecule has 1 saturated heterocycles. The highest BCUT2D eigenvalue weighted by Crippen LogP contribution is 2.22. The first kappa shape index (κ1) is 9.29. The first-order chi connectivity index (χ1) is 5.00. The second-order valence-corrected chi connectivity index (χ2v) is 5.71. The van der Waals surface area contributed by atoms with Crippen molar-refractivity contribution < 1.29 is 13.2 Å². The van der Waals surface area contributed by atoms with Gasteiger partial charge in [-0.25, -0.2) is 8.42 Å². The van der Waals surface area contributed by atoms with Crippen LogP contribution in [0.15, 0.2) is 0 Å². The lowest BCUT2D eigenvalue weighted by atomic mass is 10.1. The van der Waals surface area contributed by atoms with E-state index in [1.807, 2.05) is 6.92 Å². The lowest BCUT2D eigenvalue weighted by Gasteiger charge is -2.24. The van der Waals surface area contributed by atoms with E-state index in [-0.39, 0.29) is 6.10 Å². The number of ether oxygens (including phenoxy) is 1. The van der Waals surface area contributed by atoms with Crippen LogP contribution in [0.25, 0.3) is 0 Å². The maximum absolute atomic E-state index is 10.8. The summed E-state index contributed by atoms with van der Waals surface area (Å²) in [5.74, 6) is 0. The molecule has 3 nitrogen and oxygen atoms in total. The van der Waals surface area contributed by atoms with E-state index in [2.05, 4.69) is 0 Å². The van der Waals surface area contributed by atoms with Crippen LogP contribution < -0.4 is 0 Å². The quantitative estimate of drug-likeness (QED) is 0.594. The number of halogens is 1. The second kappa shape index (κ2) is 3.29. The predicted octanol–water partition coefficient (Wildman–Crippen LogP) is 1.12. The lowest BCUT2D eigenvalue weighted by molar-refractivity contribution is 0.0304. The van der Waals surface area contributed by atoms with Gasteiger partial charge in [-0.2, -0.15) is 0 Å². The van der Waals surface area contributed by atoms with Crippen LogP contribution in [0, 0.1) is 0 Å². The smallest absolute Gasteiger partial charge is 0.235 e. The molecule has 0 N–H and O–H groups in total. The summed E-state index contributed by atoms with van der Waals surface area (Å²) < 4.78 is 26.9. The first-order valence-corrected chi connectivity index (χ1v) is 5.92. The molecule has 11 heavy (non-hydrogen) atoms. The van der Waals surface area contributed by atoms with Gasteiger partial charge in [0.25, 0.3) is 0 Å². The molecule has 1 aliphatic rings. The molecule has 0 spiro atoms. The van der Waals surface area contributed by atoms with Gasteiger partial charge in [-0.1, -0.05) is 0 Å². The van der Waals surface area contributed by atoms with Crippen molar-refractivity contribution in [1.82, 2.24) is 0 Å². The summed E-state index contributed by atoms with van der Waals surface area (Å²) in [4.78, 5) is 0. The van der Waals surface area contributed by atoms with Gasteiger partial charge in [0, 0.05) is 17.3 Å². The Morgan fingerprint density at radius 3 is 2.55 bits per heavy atom. The van der Waals surface area contributed by atoms with E-state index < -0.39 is 14.3 Å². The largest absolute Gasteiger partial charge is 0.378 e. The summed E-state index contributed by atoms with van der Waals surface area (Å²) in [5, 5.41) is -0.409. The van der Waals surface area contributed by atoms with E-state index in [9.17, 15) is 8.42 Å². The summed E-state index contributed by atoms with van der Waals surface area (Å²) >= 11 is 0. The molecule has 0 aliphatic carbocycles. The Labute approximate surface area is 71.1 Å². The van der Waals surface area contributed by atoms with Gasteiger partial charge in [0.2, 0.25) is 9.05 Å². The molecular formula is C6H11ClO3S. The van der Waals surface area contributed by atoms with E-state index in [1.165, 1.54) is 0 Å². The molecule has 66 valence electrons. The molecule has 0 saturated carbocycles. The van der Waals surface area contributed by atoms with Crippen LogP contribution in [0.2, 0.25) is 0 Å². The number of rotatable bonds is 1. The van der Waals surface area contributed by atoms with Crippen molar-refractivity contribution >= 4 is 19.7 Å². The van der Waals surface area contributed by atoms with Gasteiger partial charge in [-0.05, 0) is 19.8 Å². The zero-order chi connectivity index (χ0) is 8.48. The van der Waals surface area contributed by atoms with Crippen molar-refractivity contribution in [2.75, 3.05) is 6.61 Å². The average molecular weight is 199 g/mol. The standard InChI is InChI=1S/C6H11ClO3S/c1-5-4-6(2-3-10-5)11(7,8)9/h5-6H,2-4H2,1H3/t5-,6-/m0/s1. The molecule has 0 bridgehead atoms. The molecule has 0 aromatic rings. The van der Waals surface area contributed by atoms with Gasteiger partial charge in [-0.15, -0.1) is 0 Å². The van der Waals surface area contributed by atoms with Crippen LogP contribution in [-0.2, 0) is 13.8 Å². The van der Waals surface area contributed by atoms with Crippen molar-refractivity contribution in [3.8, 4) is 0 Å². The van der Waals surface area contributed by atoms with E-state index in [0.29, 0.717) is 19.4 Å². The topological polar surface area (TPSA) is 43.4 Å². The number of hydrogen-bond acceptors (Lipinski definition) is 3. The molecule has 0 aromatic heterocycles. The monoisotopic (exact) mass is 198 g/mol. The fourth-order valence-corrected chi connectivity index (χ4v) is 2.58. The molecule has 0 unspecified atom stereocenters. The third kappa shape index (κ3) is 2.61. The molecule has 0 amide bonds. The van der Waals surface area contributed by atoms with Crippen LogP contribution >= 0.6 is 10.7 Å². The van der Waals surface area contributed by atoms with Crippen molar-refractivity contribution in [2.24, 2.45) is 0 Å². The minimum Gasteiger partial charge on any atom is -0.378 e. The fourth-order valence-electron chi connectivity index (χ4n) is 1.21. The van der Waals surface area contributed by atoms with Gasteiger partial charge < -0.3 is 4.74 Å². The minimum absolute atomic E-state index is 0.0160. The average Bonchev–Trinajstić information content (AvgIpc) is 1.86. The van der Waals surface area contributed by atoms with E-state index >= 15 is 0 Å². The van der Waals surface area contributed by atoms with Crippen LogP contribution in [0.4, 0.5) is 0 Å². The molecule has 1 fully saturated rings. The summed E-state index contributed by atoms with van der Waals surface area (Å²) in [7, 11) is 1.83. The predicted molar refractivity (Wildman–Crippen MR) is 43.2 cm³/mol. The fraction of sp³-hybridized carbons (Fsp3) is 1.00. The van der Waals surface area contributed by atoms with E-state index in [1.54, 1.807) is 0 Å². The van der Waals surface area contributed by atoms with Gasteiger partial charge in [0.15, 0.2) is 0 Å². The Hall–Kier alpha value is 0.200. The Morgan fingerprint density at radius 2 is 2.18 bits per heavy atom. The zero-order valence-electron chi connectivity index (χ0n) is 6.29. The van der Waals surface area contributed by atoms with Gasteiger partial charge in [-0.3, -0.25) is 0 Å². The first-order valence-electron chi connectivity index (χ1n) is 3.55. The van der Waals surface area contributed by atoms with E-state index in [0.717, 1.165) is 0 Å². The normalized spacial score (nSPS) is 33.6. The SMILES string of the molecule is C[C@H]1C[C@@H](S(=O)(=O)Cl)CCO1. The maximum atomic E-state index is 10.8. The Morgan fingerprint density at radius 1 is 1.55 bits per heavy atom. The minimum atomic E-state index is -3.37. The Balaban J connectivity index is 2.60. The van der Waals surface area contributed by atoms with Crippen LogP contribution in [0.3, 0.4) is 0 Å². The summed E-state index contributed by atoms with van der Waals surface area (Å²) in [6, 6.07) is 0. The molecular weight excluding hydrogens is 188 g/mol. The van der Waals surface area contributed by atoms with Crippen molar-refractivity contribution in [1.29, 1.82) is 0 Å². The highest BCUT2D eigenvalue weighted by molar-refractivity contribution is 8.14. The summed E-state index contributed by atoms with van der Waals surface area (Å²) in [6.07, 6.45) is 1.06. The van der Waals surface area contributed by atoms with Crippen molar-refractivity contribution in [3.63, 3.8) is 0 Å². The van der Waals surface area contributed by atoms with Gasteiger partial charge in [0.1, 0.15) is 0 Å². The van der Waals surface area contributed by atoms with Crippen molar-refractivity contribution in [2.45, 2.75) is 31.1 Å². The molecule has 5 heteroatoms. The van der Waals surface area contributed by atoms with Crippen LogP contribution in [0.5, 0.6) is 0 Å².